The highest BCUT2D eigenvalue weighted by Crippen LogP contribution is 2.34. The molecule has 0 aliphatic rings. The van der Waals surface area contributed by atoms with Gasteiger partial charge in [-0.25, -0.2) is 9.37 Å². The summed E-state index contributed by atoms with van der Waals surface area (Å²) in [6.45, 7) is 4.88. The summed E-state index contributed by atoms with van der Waals surface area (Å²) >= 11 is 0. The van der Waals surface area contributed by atoms with E-state index in [1.54, 1.807) is 25.4 Å². The Morgan fingerprint density at radius 2 is 1.61 bits per heavy atom. The van der Waals surface area contributed by atoms with Gasteiger partial charge in [-0.05, 0) is 67.4 Å². The van der Waals surface area contributed by atoms with Crippen molar-refractivity contribution in [3.8, 4) is 17.4 Å². The minimum Gasteiger partial charge on any atom is -0.497 e. The van der Waals surface area contributed by atoms with E-state index in [4.69, 9.17) is 9.47 Å². The van der Waals surface area contributed by atoms with E-state index in [1.165, 1.54) is 17.7 Å². The number of aryl methyl sites for hydroxylation is 1. The molecule has 0 saturated heterocycles. The molecule has 0 N–H and O–H groups in total. The lowest BCUT2D eigenvalue weighted by Gasteiger charge is -2.12. The average Bonchev–Trinajstić information content (AvgIpc) is 2.96. The third-order valence-electron chi connectivity index (χ3n) is 5.04. The third-order valence-corrected chi connectivity index (χ3v) is 5.04. The SMILES string of the molecule is COc1ccc(Cn2c(C)c(C)c3ccnc(Oc4ccc(F)cc4)c32)cc1. The lowest BCUT2D eigenvalue weighted by molar-refractivity contribution is 0.414. The molecule has 0 radical (unpaired) electrons. The molecular formula is C23H21FN2O2. The zero-order chi connectivity index (χ0) is 19.7. The van der Waals surface area contributed by atoms with Gasteiger partial charge in [0.1, 0.15) is 22.8 Å². The second-order valence-corrected chi connectivity index (χ2v) is 6.71. The summed E-state index contributed by atoms with van der Waals surface area (Å²) in [5.74, 6) is 1.59. The van der Waals surface area contributed by atoms with Crippen molar-refractivity contribution in [2.75, 3.05) is 7.11 Å². The summed E-state index contributed by atoms with van der Waals surface area (Å²) in [6, 6.07) is 16.0. The number of aromatic nitrogens is 2. The molecule has 2 heterocycles. The standard InChI is InChI=1S/C23H21FN2O2/c1-15-16(2)26(14-17-4-8-19(27-3)9-5-17)22-21(15)12-13-25-23(22)28-20-10-6-18(24)7-11-20/h4-13H,14H2,1-3H3. The Hall–Kier alpha value is -3.34. The van der Waals surface area contributed by atoms with Crippen LogP contribution in [0.2, 0.25) is 0 Å². The van der Waals surface area contributed by atoms with Gasteiger partial charge in [-0.3, -0.25) is 0 Å². The monoisotopic (exact) mass is 376 g/mol. The fourth-order valence-electron chi connectivity index (χ4n) is 3.36. The predicted octanol–water partition coefficient (Wildman–Crippen LogP) is 5.64. The van der Waals surface area contributed by atoms with E-state index in [2.05, 4.69) is 35.5 Å². The highest BCUT2D eigenvalue weighted by atomic mass is 19.1. The molecule has 0 aliphatic heterocycles. The van der Waals surface area contributed by atoms with Crippen LogP contribution in [0, 0.1) is 19.7 Å². The molecule has 0 aliphatic carbocycles. The normalized spacial score (nSPS) is 11.0. The van der Waals surface area contributed by atoms with Gasteiger partial charge in [-0.1, -0.05) is 12.1 Å². The van der Waals surface area contributed by atoms with Gasteiger partial charge < -0.3 is 14.0 Å². The second kappa shape index (κ2) is 7.35. The molecule has 4 rings (SSSR count). The fraction of sp³-hybridized carbons (Fsp3) is 0.174. The molecule has 28 heavy (non-hydrogen) atoms. The summed E-state index contributed by atoms with van der Waals surface area (Å²) in [5.41, 5.74) is 4.42. The van der Waals surface area contributed by atoms with Crippen molar-refractivity contribution in [1.82, 2.24) is 9.55 Å². The van der Waals surface area contributed by atoms with E-state index < -0.39 is 0 Å². The van der Waals surface area contributed by atoms with Crippen LogP contribution in [0.5, 0.6) is 17.4 Å². The smallest absolute Gasteiger partial charge is 0.244 e. The summed E-state index contributed by atoms with van der Waals surface area (Å²) in [5, 5.41) is 1.10. The van der Waals surface area contributed by atoms with Crippen LogP contribution in [-0.4, -0.2) is 16.7 Å². The van der Waals surface area contributed by atoms with Crippen molar-refractivity contribution < 1.29 is 13.9 Å². The summed E-state index contributed by atoms with van der Waals surface area (Å²) in [7, 11) is 1.66. The Balaban J connectivity index is 1.78. The summed E-state index contributed by atoms with van der Waals surface area (Å²) in [4.78, 5) is 4.45. The van der Waals surface area contributed by atoms with Gasteiger partial charge in [-0.2, -0.15) is 0 Å². The molecule has 142 valence electrons. The Labute approximate surface area is 163 Å². The molecule has 0 saturated carbocycles. The number of methoxy groups -OCH3 is 1. The zero-order valence-corrected chi connectivity index (χ0v) is 16.1. The van der Waals surface area contributed by atoms with Gasteiger partial charge in [0.25, 0.3) is 0 Å². The number of fused-ring (bicyclic) bond motifs is 1. The van der Waals surface area contributed by atoms with E-state index >= 15 is 0 Å². The van der Waals surface area contributed by atoms with Crippen LogP contribution in [0.3, 0.4) is 0 Å². The van der Waals surface area contributed by atoms with E-state index in [1.807, 2.05) is 18.2 Å². The van der Waals surface area contributed by atoms with Crippen molar-refractivity contribution in [1.29, 1.82) is 0 Å². The number of pyridine rings is 1. The molecule has 0 amide bonds. The molecule has 0 bridgehead atoms. The minimum atomic E-state index is -0.298. The van der Waals surface area contributed by atoms with Crippen molar-refractivity contribution in [2.24, 2.45) is 0 Å². The number of rotatable bonds is 5. The molecule has 0 fully saturated rings. The number of ether oxygens (including phenoxy) is 2. The topological polar surface area (TPSA) is 36.3 Å². The Morgan fingerprint density at radius 3 is 2.29 bits per heavy atom. The molecular weight excluding hydrogens is 355 g/mol. The maximum Gasteiger partial charge on any atom is 0.244 e. The number of hydrogen-bond acceptors (Lipinski definition) is 3. The summed E-state index contributed by atoms with van der Waals surface area (Å²) in [6.07, 6.45) is 1.74. The molecule has 0 spiro atoms. The van der Waals surface area contributed by atoms with E-state index in [0.717, 1.165) is 27.9 Å². The van der Waals surface area contributed by atoms with Crippen LogP contribution in [0.15, 0.2) is 60.8 Å². The van der Waals surface area contributed by atoms with Crippen LogP contribution in [-0.2, 0) is 6.54 Å². The first-order valence-corrected chi connectivity index (χ1v) is 9.07. The molecule has 0 atom stereocenters. The van der Waals surface area contributed by atoms with Gasteiger partial charge in [0.05, 0.1) is 7.11 Å². The van der Waals surface area contributed by atoms with Crippen LogP contribution in [0.1, 0.15) is 16.8 Å². The molecule has 5 heteroatoms. The lowest BCUT2D eigenvalue weighted by Crippen LogP contribution is -2.03. The second-order valence-electron chi connectivity index (χ2n) is 6.71. The molecule has 2 aromatic carbocycles. The Bertz CT molecular complexity index is 1120. The Morgan fingerprint density at radius 1 is 0.929 bits per heavy atom. The molecule has 4 nitrogen and oxygen atoms in total. The largest absolute Gasteiger partial charge is 0.497 e. The van der Waals surface area contributed by atoms with Gasteiger partial charge in [0.15, 0.2) is 0 Å². The molecule has 0 unspecified atom stereocenters. The summed E-state index contributed by atoms with van der Waals surface area (Å²) < 4.78 is 26.7. The van der Waals surface area contributed by atoms with Gasteiger partial charge in [0, 0.05) is 23.8 Å². The molecule has 4 aromatic rings. The highest BCUT2D eigenvalue weighted by molar-refractivity contribution is 5.89. The maximum absolute atomic E-state index is 13.2. The first-order chi connectivity index (χ1) is 13.6. The van der Waals surface area contributed by atoms with Gasteiger partial charge in [-0.15, -0.1) is 0 Å². The van der Waals surface area contributed by atoms with E-state index in [9.17, 15) is 4.39 Å². The van der Waals surface area contributed by atoms with Crippen molar-refractivity contribution in [2.45, 2.75) is 20.4 Å². The van der Waals surface area contributed by atoms with Crippen LogP contribution in [0.25, 0.3) is 10.9 Å². The number of nitrogens with zero attached hydrogens (tertiary/aromatic N) is 2. The highest BCUT2D eigenvalue weighted by Gasteiger charge is 2.17. The number of hydrogen-bond donors (Lipinski definition) is 0. The third kappa shape index (κ3) is 3.31. The Kier molecular flexibility index (Phi) is 4.74. The van der Waals surface area contributed by atoms with Crippen LogP contribution >= 0.6 is 0 Å². The predicted molar refractivity (Wildman–Crippen MR) is 108 cm³/mol. The van der Waals surface area contributed by atoms with E-state index in [0.29, 0.717) is 18.2 Å². The average molecular weight is 376 g/mol. The quantitative estimate of drug-likeness (QED) is 0.452. The van der Waals surface area contributed by atoms with Crippen molar-refractivity contribution >= 4 is 10.9 Å². The zero-order valence-electron chi connectivity index (χ0n) is 16.1. The number of benzene rings is 2. The van der Waals surface area contributed by atoms with Crippen molar-refractivity contribution in [3.05, 3.63) is 83.4 Å². The van der Waals surface area contributed by atoms with Crippen LogP contribution < -0.4 is 9.47 Å². The minimum absolute atomic E-state index is 0.298. The van der Waals surface area contributed by atoms with Gasteiger partial charge in [0.2, 0.25) is 5.88 Å². The maximum atomic E-state index is 13.2. The van der Waals surface area contributed by atoms with Gasteiger partial charge >= 0.3 is 0 Å². The first kappa shape index (κ1) is 18.0. The molecule has 2 aromatic heterocycles. The first-order valence-electron chi connectivity index (χ1n) is 9.07. The number of halogens is 1. The van der Waals surface area contributed by atoms with Crippen molar-refractivity contribution in [3.63, 3.8) is 0 Å². The van der Waals surface area contributed by atoms with E-state index in [-0.39, 0.29) is 5.82 Å². The fourth-order valence-corrected chi connectivity index (χ4v) is 3.36. The van der Waals surface area contributed by atoms with Crippen LogP contribution in [0.4, 0.5) is 4.39 Å². The lowest BCUT2D eigenvalue weighted by atomic mass is 10.2.